The summed E-state index contributed by atoms with van der Waals surface area (Å²) in [6.45, 7) is 2.53. The Hall–Kier alpha value is -2.40. The highest BCUT2D eigenvalue weighted by molar-refractivity contribution is 5.80. The van der Waals surface area contributed by atoms with Gasteiger partial charge >= 0.3 is 0 Å². The summed E-state index contributed by atoms with van der Waals surface area (Å²) in [6.07, 6.45) is 3.68. The molecule has 0 saturated heterocycles. The average Bonchev–Trinajstić information content (AvgIpc) is 2.85. The first-order valence-electron chi connectivity index (χ1n) is 6.76. The second-order valence-electron chi connectivity index (χ2n) is 4.95. The first kappa shape index (κ1) is 13.6. The standard InChI is InChI=1S/C16H17N3O2/c1-11-6-14(21-2)7-13(18-11)9-19-8-12(10-20)15-4-3-5-17-16(15)19/h3-8,20H,9-10H2,1-2H3. The summed E-state index contributed by atoms with van der Waals surface area (Å²) >= 11 is 0. The molecule has 3 heterocycles. The van der Waals surface area contributed by atoms with Crippen molar-refractivity contribution in [1.82, 2.24) is 14.5 Å². The molecular weight excluding hydrogens is 266 g/mol. The van der Waals surface area contributed by atoms with E-state index in [4.69, 9.17) is 4.74 Å². The molecule has 0 amide bonds. The van der Waals surface area contributed by atoms with Crippen LogP contribution in [0.15, 0.2) is 36.7 Å². The molecule has 108 valence electrons. The van der Waals surface area contributed by atoms with Crippen LogP contribution in [0.1, 0.15) is 17.0 Å². The summed E-state index contributed by atoms with van der Waals surface area (Å²) in [5.74, 6) is 0.796. The minimum Gasteiger partial charge on any atom is -0.497 e. The zero-order valence-corrected chi connectivity index (χ0v) is 12.1. The number of hydrogen-bond acceptors (Lipinski definition) is 4. The topological polar surface area (TPSA) is 60.2 Å². The smallest absolute Gasteiger partial charge is 0.140 e. The molecule has 0 radical (unpaired) electrons. The lowest BCUT2D eigenvalue weighted by Gasteiger charge is -2.07. The van der Waals surface area contributed by atoms with Gasteiger partial charge in [0.1, 0.15) is 11.4 Å². The van der Waals surface area contributed by atoms with Crippen LogP contribution >= 0.6 is 0 Å². The molecule has 0 aliphatic rings. The van der Waals surface area contributed by atoms with E-state index in [0.717, 1.165) is 33.7 Å². The Bertz CT molecular complexity index is 780. The fraction of sp³-hybridized carbons (Fsp3) is 0.250. The highest BCUT2D eigenvalue weighted by atomic mass is 16.5. The number of aryl methyl sites for hydroxylation is 1. The van der Waals surface area contributed by atoms with Crippen molar-refractivity contribution in [3.63, 3.8) is 0 Å². The van der Waals surface area contributed by atoms with Gasteiger partial charge in [-0.25, -0.2) is 4.98 Å². The highest BCUT2D eigenvalue weighted by Gasteiger charge is 2.10. The zero-order valence-electron chi connectivity index (χ0n) is 12.1. The van der Waals surface area contributed by atoms with E-state index in [0.29, 0.717) is 6.54 Å². The van der Waals surface area contributed by atoms with E-state index in [-0.39, 0.29) is 6.61 Å². The van der Waals surface area contributed by atoms with E-state index in [1.807, 2.05) is 42.0 Å². The van der Waals surface area contributed by atoms with Gasteiger partial charge in [-0.15, -0.1) is 0 Å². The lowest BCUT2D eigenvalue weighted by atomic mass is 10.2. The molecule has 0 saturated carbocycles. The van der Waals surface area contributed by atoms with Crippen LogP contribution in [-0.4, -0.2) is 26.8 Å². The number of aliphatic hydroxyl groups excluding tert-OH is 1. The molecule has 0 aliphatic carbocycles. The van der Waals surface area contributed by atoms with Gasteiger partial charge in [0.05, 0.1) is 26.0 Å². The van der Waals surface area contributed by atoms with Crippen molar-refractivity contribution in [2.75, 3.05) is 7.11 Å². The van der Waals surface area contributed by atoms with Gasteiger partial charge in [0, 0.05) is 41.2 Å². The molecule has 1 N–H and O–H groups in total. The van der Waals surface area contributed by atoms with Crippen molar-refractivity contribution in [2.24, 2.45) is 0 Å². The van der Waals surface area contributed by atoms with Crippen molar-refractivity contribution in [3.8, 4) is 5.75 Å². The lowest BCUT2D eigenvalue weighted by molar-refractivity contribution is 0.283. The molecular formula is C16H17N3O2. The summed E-state index contributed by atoms with van der Waals surface area (Å²) in [6, 6.07) is 7.66. The molecule has 0 fully saturated rings. The molecule has 21 heavy (non-hydrogen) atoms. The second-order valence-corrected chi connectivity index (χ2v) is 4.95. The number of pyridine rings is 2. The first-order chi connectivity index (χ1) is 10.2. The summed E-state index contributed by atoms with van der Waals surface area (Å²) in [5, 5.41) is 10.4. The van der Waals surface area contributed by atoms with Crippen LogP contribution in [0.4, 0.5) is 0 Å². The van der Waals surface area contributed by atoms with Crippen molar-refractivity contribution in [1.29, 1.82) is 0 Å². The number of nitrogens with zero attached hydrogens (tertiary/aromatic N) is 3. The number of rotatable bonds is 4. The number of hydrogen-bond donors (Lipinski definition) is 1. The van der Waals surface area contributed by atoms with Crippen LogP contribution in [0.3, 0.4) is 0 Å². The largest absolute Gasteiger partial charge is 0.497 e. The maximum absolute atomic E-state index is 9.46. The molecule has 3 rings (SSSR count). The Labute approximate surface area is 122 Å². The summed E-state index contributed by atoms with van der Waals surface area (Å²) in [5.41, 5.74) is 3.54. The molecule has 5 nitrogen and oxygen atoms in total. The Morgan fingerprint density at radius 3 is 2.95 bits per heavy atom. The van der Waals surface area contributed by atoms with E-state index >= 15 is 0 Å². The number of fused-ring (bicyclic) bond motifs is 1. The fourth-order valence-corrected chi connectivity index (χ4v) is 2.52. The van der Waals surface area contributed by atoms with Gasteiger partial charge in [0.25, 0.3) is 0 Å². The molecule has 5 heteroatoms. The molecule has 0 aliphatic heterocycles. The summed E-state index contributed by atoms with van der Waals surface area (Å²) in [4.78, 5) is 8.93. The Kier molecular flexibility index (Phi) is 3.58. The fourth-order valence-electron chi connectivity index (χ4n) is 2.52. The third-order valence-electron chi connectivity index (χ3n) is 3.43. The van der Waals surface area contributed by atoms with Crippen LogP contribution in [-0.2, 0) is 13.2 Å². The average molecular weight is 283 g/mol. The van der Waals surface area contributed by atoms with Gasteiger partial charge in [-0.1, -0.05) is 0 Å². The number of ether oxygens (including phenoxy) is 1. The minimum atomic E-state index is -0.000238. The third kappa shape index (κ3) is 2.60. The highest BCUT2D eigenvalue weighted by Crippen LogP contribution is 2.21. The van der Waals surface area contributed by atoms with E-state index < -0.39 is 0 Å². The predicted octanol–water partition coefficient (Wildman–Crippen LogP) is 2.29. The Morgan fingerprint density at radius 1 is 1.33 bits per heavy atom. The van der Waals surface area contributed by atoms with E-state index in [1.54, 1.807) is 13.3 Å². The summed E-state index contributed by atoms with van der Waals surface area (Å²) in [7, 11) is 1.65. The van der Waals surface area contributed by atoms with E-state index in [1.165, 1.54) is 0 Å². The second kappa shape index (κ2) is 5.54. The van der Waals surface area contributed by atoms with Gasteiger partial charge in [-0.05, 0) is 19.1 Å². The number of aromatic nitrogens is 3. The Morgan fingerprint density at radius 2 is 2.19 bits per heavy atom. The quantitative estimate of drug-likeness (QED) is 0.798. The predicted molar refractivity (Wildman–Crippen MR) is 80.3 cm³/mol. The molecule has 0 aromatic carbocycles. The normalized spacial score (nSPS) is 11.0. The molecule has 0 bridgehead atoms. The third-order valence-corrected chi connectivity index (χ3v) is 3.43. The molecule has 0 atom stereocenters. The first-order valence-corrected chi connectivity index (χ1v) is 6.76. The van der Waals surface area contributed by atoms with Crippen LogP contribution in [0.5, 0.6) is 5.75 Å². The van der Waals surface area contributed by atoms with Gasteiger partial charge in [-0.2, -0.15) is 0 Å². The monoisotopic (exact) mass is 283 g/mol. The zero-order chi connectivity index (χ0) is 14.8. The van der Waals surface area contributed by atoms with E-state index in [2.05, 4.69) is 9.97 Å². The van der Waals surface area contributed by atoms with Crippen LogP contribution in [0, 0.1) is 6.92 Å². The molecule has 3 aromatic heterocycles. The lowest BCUT2D eigenvalue weighted by Crippen LogP contribution is -2.03. The van der Waals surface area contributed by atoms with Gasteiger partial charge in [-0.3, -0.25) is 4.98 Å². The Balaban J connectivity index is 2.04. The number of aliphatic hydroxyl groups is 1. The van der Waals surface area contributed by atoms with Crippen LogP contribution in [0.2, 0.25) is 0 Å². The van der Waals surface area contributed by atoms with Crippen molar-refractivity contribution in [3.05, 3.63) is 53.6 Å². The van der Waals surface area contributed by atoms with Crippen LogP contribution in [0.25, 0.3) is 11.0 Å². The molecule has 0 spiro atoms. The maximum atomic E-state index is 9.46. The minimum absolute atomic E-state index is 0.000238. The van der Waals surface area contributed by atoms with Gasteiger partial charge in [0.2, 0.25) is 0 Å². The molecule has 0 unspecified atom stereocenters. The number of methoxy groups -OCH3 is 1. The van der Waals surface area contributed by atoms with E-state index in [9.17, 15) is 5.11 Å². The van der Waals surface area contributed by atoms with Crippen molar-refractivity contribution in [2.45, 2.75) is 20.1 Å². The SMILES string of the molecule is COc1cc(C)nc(Cn2cc(CO)c3cccnc32)c1. The van der Waals surface area contributed by atoms with Crippen molar-refractivity contribution < 1.29 is 9.84 Å². The van der Waals surface area contributed by atoms with Gasteiger partial charge < -0.3 is 14.4 Å². The maximum Gasteiger partial charge on any atom is 0.140 e. The van der Waals surface area contributed by atoms with Crippen molar-refractivity contribution >= 4 is 11.0 Å². The summed E-state index contributed by atoms with van der Waals surface area (Å²) < 4.78 is 7.28. The molecule has 3 aromatic rings. The van der Waals surface area contributed by atoms with Gasteiger partial charge in [0.15, 0.2) is 0 Å². The van der Waals surface area contributed by atoms with Crippen LogP contribution < -0.4 is 4.74 Å².